The van der Waals surface area contributed by atoms with E-state index in [9.17, 15) is 19.2 Å². The van der Waals surface area contributed by atoms with Crippen LogP contribution in [0.3, 0.4) is 0 Å². The Morgan fingerprint density at radius 3 is 2.15 bits per heavy atom. The van der Waals surface area contributed by atoms with Crippen molar-refractivity contribution >= 4 is 69.8 Å². The number of thiazole rings is 1. The van der Waals surface area contributed by atoms with Crippen molar-refractivity contribution in [1.29, 1.82) is 0 Å². The highest BCUT2D eigenvalue weighted by Crippen LogP contribution is 2.69. The van der Waals surface area contributed by atoms with Gasteiger partial charge in [-0.05, 0) is 90.8 Å². The predicted molar refractivity (Wildman–Crippen MR) is 179 cm³/mol. The SMILES string of the molecule is CCOC(=O)c1ccc(N2C(=O)C3C4CC(C3C2=O)C2C(c3ccc(Cl)cc3)c3sc(=O)n(Cc5ccc(Cl)cc5)c3SC42)cc1. The first-order valence-corrected chi connectivity index (χ1v) is 17.8. The van der Waals surface area contributed by atoms with Crippen molar-refractivity contribution in [2.24, 2.45) is 29.6 Å². The number of amides is 2. The van der Waals surface area contributed by atoms with Crippen LogP contribution >= 0.6 is 46.3 Å². The van der Waals surface area contributed by atoms with Crippen LogP contribution < -0.4 is 9.77 Å². The van der Waals surface area contributed by atoms with Crippen molar-refractivity contribution < 1.29 is 19.1 Å². The van der Waals surface area contributed by atoms with Gasteiger partial charge >= 0.3 is 10.8 Å². The predicted octanol–water partition coefficient (Wildman–Crippen LogP) is 7.12. The van der Waals surface area contributed by atoms with Gasteiger partial charge in [0.1, 0.15) is 0 Å². The summed E-state index contributed by atoms with van der Waals surface area (Å²) in [5, 5.41) is 2.28. The molecule has 1 saturated heterocycles. The fourth-order valence-electron chi connectivity index (χ4n) is 8.29. The lowest BCUT2D eigenvalue weighted by Gasteiger charge is -2.43. The Kier molecular flexibility index (Phi) is 7.44. The Labute approximate surface area is 283 Å². The van der Waals surface area contributed by atoms with Crippen molar-refractivity contribution in [1.82, 2.24) is 4.57 Å². The number of ether oxygens (including phenoxy) is 1. The molecule has 4 aliphatic rings. The fourth-order valence-corrected chi connectivity index (χ4v) is 11.7. The van der Waals surface area contributed by atoms with Gasteiger partial charge in [-0.3, -0.25) is 23.9 Å². The van der Waals surface area contributed by atoms with Crippen LogP contribution in [0.25, 0.3) is 0 Å². The first-order chi connectivity index (χ1) is 22.2. The van der Waals surface area contributed by atoms with Crippen LogP contribution in [0.4, 0.5) is 5.69 Å². The lowest BCUT2D eigenvalue weighted by molar-refractivity contribution is -0.123. The van der Waals surface area contributed by atoms with Crippen LogP contribution in [0.1, 0.15) is 45.6 Å². The molecule has 7 nitrogen and oxygen atoms in total. The molecule has 234 valence electrons. The molecule has 3 aromatic carbocycles. The lowest BCUT2D eigenvalue weighted by atomic mass is 9.68. The summed E-state index contributed by atoms with van der Waals surface area (Å²) in [6.07, 6.45) is 0.797. The summed E-state index contributed by atoms with van der Waals surface area (Å²) in [4.78, 5) is 56.3. The van der Waals surface area contributed by atoms with Crippen molar-refractivity contribution in [3.63, 3.8) is 0 Å². The van der Waals surface area contributed by atoms with Gasteiger partial charge in [-0.25, -0.2) is 4.79 Å². The van der Waals surface area contributed by atoms with E-state index in [2.05, 4.69) is 0 Å². The van der Waals surface area contributed by atoms with Crippen LogP contribution in [0, 0.1) is 29.6 Å². The normalized spacial score (nSPS) is 27.5. The topological polar surface area (TPSA) is 85.7 Å². The van der Waals surface area contributed by atoms with Gasteiger partial charge in [0.05, 0.1) is 41.3 Å². The first kappa shape index (κ1) is 30.0. The number of imide groups is 1. The number of fused-ring (bicyclic) bond motifs is 9. The van der Waals surface area contributed by atoms with Gasteiger partial charge in [-0.1, -0.05) is 58.8 Å². The molecular weight excluding hydrogens is 663 g/mol. The van der Waals surface area contributed by atoms with Crippen LogP contribution in [0.15, 0.2) is 82.6 Å². The summed E-state index contributed by atoms with van der Waals surface area (Å²) in [6, 6.07) is 21.8. The third-order valence-electron chi connectivity index (χ3n) is 10.1. The standard InChI is InChI=1S/C35H28Cl2N2O5S2/c1-2-44-34(42)19-7-13-22(14-8-19)39-31(40)27-23-15-24(28(27)32(39)41)29-26(23)25(18-5-11-21(37)12-6-18)30-33(45-29)38(35(43)46-30)16-17-3-9-20(36)10-4-17/h3-14,23-29H,2,15-16H2,1H3. The second-order valence-electron chi connectivity index (χ2n) is 12.3. The Bertz CT molecular complexity index is 1940. The van der Waals surface area contributed by atoms with Gasteiger partial charge in [-0.15, -0.1) is 11.8 Å². The zero-order chi connectivity index (χ0) is 31.9. The molecule has 2 saturated carbocycles. The largest absolute Gasteiger partial charge is 0.462 e. The molecule has 8 rings (SSSR count). The zero-order valence-electron chi connectivity index (χ0n) is 24.6. The number of hydrogen-bond acceptors (Lipinski definition) is 7. The molecule has 11 heteroatoms. The summed E-state index contributed by atoms with van der Waals surface area (Å²) < 4.78 is 6.95. The molecular formula is C35H28Cl2N2O5S2. The fraction of sp³-hybridized carbons (Fsp3) is 0.314. The van der Waals surface area contributed by atoms with Gasteiger partial charge in [0.25, 0.3) is 0 Å². The minimum Gasteiger partial charge on any atom is -0.462 e. The van der Waals surface area contributed by atoms with Crippen LogP contribution in [-0.4, -0.2) is 34.2 Å². The average Bonchev–Trinajstić information content (AvgIpc) is 3.77. The van der Waals surface area contributed by atoms with E-state index in [0.29, 0.717) is 27.8 Å². The van der Waals surface area contributed by atoms with E-state index in [1.54, 1.807) is 43.0 Å². The minimum atomic E-state index is -0.445. The van der Waals surface area contributed by atoms with Gasteiger partial charge in [0, 0.05) is 26.1 Å². The van der Waals surface area contributed by atoms with E-state index < -0.39 is 17.8 Å². The van der Waals surface area contributed by atoms with E-state index in [1.807, 2.05) is 53.1 Å². The van der Waals surface area contributed by atoms with Gasteiger partial charge in [0.15, 0.2) is 0 Å². The third-order valence-corrected chi connectivity index (χ3v) is 13.4. The second-order valence-corrected chi connectivity index (χ2v) is 15.4. The van der Waals surface area contributed by atoms with E-state index in [-0.39, 0.29) is 52.2 Å². The molecule has 2 amide bonds. The molecule has 0 spiro atoms. The summed E-state index contributed by atoms with van der Waals surface area (Å²) in [6.45, 7) is 2.43. The summed E-state index contributed by atoms with van der Waals surface area (Å²) in [7, 11) is 0. The van der Waals surface area contributed by atoms with E-state index in [4.69, 9.17) is 27.9 Å². The number of aromatic nitrogens is 1. The number of nitrogens with zero attached hydrogens (tertiary/aromatic N) is 2. The van der Waals surface area contributed by atoms with Crippen molar-refractivity contribution in [3.05, 3.63) is 114 Å². The zero-order valence-corrected chi connectivity index (χ0v) is 27.7. The van der Waals surface area contributed by atoms with Crippen molar-refractivity contribution in [2.75, 3.05) is 11.5 Å². The molecule has 0 N–H and O–H groups in total. The highest BCUT2D eigenvalue weighted by Gasteiger charge is 2.69. The van der Waals surface area contributed by atoms with Gasteiger partial charge in [-0.2, -0.15) is 0 Å². The molecule has 2 bridgehead atoms. The maximum absolute atomic E-state index is 14.1. The number of hydrogen-bond donors (Lipinski definition) is 0. The van der Waals surface area contributed by atoms with Crippen molar-refractivity contribution in [3.8, 4) is 0 Å². The Morgan fingerprint density at radius 2 is 1.50 bits per heavy atom. The molecule has 3 heterocycles. The number of carbonyl (C=O) groups is 3. The summed E-state index contributed by atoms with van der Waals surface area (Å²) in [5.41, 5.74) is 2.88. The Hall–Kier alpha value is -3.37. The van der Waals surface area contributed by atoms with E-state index in [1.165, 1.54) is 16.2 Å². The molecule has 7 atom stereocenters. The summed E-state index contributed by atoms with van der Waals surface area (Å²) in [5.74, 6) is -1.68. The lowest BCUT2D eigenvalue weighted by Crippen LogP contribution is -2.43. The van der Waals surface area contributed by atoms with Crippen LogP contribution in [0.5, 0.6) is 0 Å². The van der Waals surface area contributed by atoms with Crippen molar-refractivity contribution in [2.45, 2.75) is 36.1 Å². The van der Waals surface area contributed by atoms with Crippen LogP contribution in [-0.2, 0) is 20.9 Å². The number of thioether (sulfide) groups is 1. The second kappa shape index (κ2) is 11.4. The molecule has 7 unspecified atom stereocenters. The van der Waals surface area contributed by atoms with Gasteiger partial charge in [0.2, 0.25) is 11.8 Å². The number of anilines is 1. The molecule has 46 heavy (non-hydrogen) atoms. The average molecular weight is 692 g/mol. The highest BCUT2D eigenvalue weighted by molar-refractivity contribution is 8.00. The number of esters is 1. The van der Waals surface area contributed by atoms with Crippen LogP contribution in [0.2, 0.25) is 10.0 Å². The monoisotopic (exact) mass is 690 g/mol. The maximum atomic E-state index is 14.1. The van der Waals surface area contributed by atoms with E-state index >= 15 is 0 Å². The van der Waals surface area contributed by atoms with E-state index in [0.717, 1.165) is 27.5 Å². The maximum Gasteiger partial charge on any atom is 0.338 e. The molecule has 0 radical (unpaired) electrons. The smallest absolute Gasteiger partial charge is 0.338 e. The highest BCUT2D eigenvalue weighted by atomic mass is 35.5. The minimum absolute atomic E-state index is 0.00723. The number of benzene rings is 3. The molecule has 2 aliphatic heterocycles. The first-order valence-electron chi connectivity index (χ1n) is 15.3. The number of halogens is 2. The molecule has 2 aliphatic carbocycles. The van der Waals surface area contributed by atoms with Gasteiger partial charge < -0.3 is 4.74 Å². The Morgan fingerprint density at radius 1 is 0.870 bits per heavy atom. The molecule has 3 fully saturated rings. The quantitative estimate of drug-likeness (QED) is 0.158. The molecule has 1 aromatic heterocycles. The molecule has 4 aromatic rings. The summed E-state index contributed by atoms with van der Waals surface area (Å²) >= 11 is 15.4. The number of rotatable bonds is 6. The Balaban J connectivity index is 1.17. The third kappa shape index (κ3) is 4.61. The number of carbonyl (C=O) groups excluding carboxylic acids is 3.